The molecule has 0 amide bonds. The van der Waals surface area contributed by atoms with Gasteiger partial charge in [-0.05, 0) is 24.1 Å². The molecule has 4 nitrogen and oxygen atoms in total. The van der Waals surface area contributed by atoms with E-state index in [4.69, 9.17) is 9.84 Å². The molecule has 0 aliphatic rings. The third kappa shape index (κ3) is 5.26. The van der Waals surface area contributed by atoms with Crippen LogP contribution in [0.5, 0.6) is 0 Å². The van der Waals surface area contributed by atoms with Gasteiger partial charge >= 0.3 is 5.97 Å². The number of hydrogen-bond acceptors (Lipinski definition) is 4. The Morgan fingerprint density at radius 1 is 1.53 bits per heavy atom. The lowest BCUT2D eigenvalue weighted by atomic mass is 10.2. The lowest BCUT2D eigenvalue weighted by Gasteiger charge is -2.03. The molecule has 0 spiro atoms. The lowest BCUT2D eigenvalue weighted by Crippen LogP contribution is -2.07. The van der Waals surface area contributed by atoms with E-state index in [9.17, 15) is 4.79 Å². The molecule has 0 aliphatic carbocycles. The van der Waals surface area contributed by atoms with Crippen molar-refractivity contribution in [2.75, 3.05) is 6.61 Å². The van der Waals surface area contributed by atoms with Crippen LogP contribution in [0.4, 0.5) is 0 Å². The van der Waals surface area contributed by atoms with Gasteiger partial charge in [-0.1, -0.05) is 19.9 Å². The number of aliphatic hydroxyl groups is 1. The number of aromatic nitrogens is 1. The second-order valence-electron chi connectivity index (χ2n) is 4.07. The van der Waals surface area contributed by atoms with Gasteiger partial charge in [0.25, 0.3) is 0 Å². The van der Waals surface area contributed by atoms with E-state index in [1.54, 1.807) is 24.3 Å². The van der Waals surface area contributed by atoms with Gasteiger partial charge in [0.1, 0.15) is 0 Å². The Morgan fingerprint density at radius 3 is 2.94 bits per heavy atom. The van der Waals surface area contributed by atoms with Crippen LogP contribution < -0.4 is 0 Å². The number of aliphatic hydroxyl groups excluding tert-OH is 1. The van der Waals surface area contributed by atoms with E-state index >= 15 is 0 Å². The molecule has 4 heteroatoms. The van der Waals surface area contributed by atoms with Gasteiger partial charge in [-0.15, -0.1) is 0 Å². The molecule has 0 fully saturated rings. The van der Waals surface area contributed by atoms with Crippen LogP contribution in [0, 0.1) is 5.92 Å². The van der Waals surface area contributed by atoms with Gasteiger partial charge in [-0.3, -0.25) is 4.98 Å². The zero-order chi connectivity index (χ0) is 12.7. The van der Waals surface area contributed by atoms with Gasteiger partial charge in [-0.2, -0.15) is 0 Å². The molecule has 1 rings (SSSR count). The van der Waals surface area contributed by atoms with Gasteiger partial charge in [0.05, 0.1) is 24.6 Å². The summed E-state index contributed by atoms with van der Waals surface area (Å²) >= 11 is 0. The first-order valence-corrected chi connectivity index (χ1v) is 5.53. The maximum Gasteiger partial charge on any atom is 0.330 e. The van der Waals surface area contributed by atoms with Crippen LogP contribution in [0.1, 0.15) is 25.2 Å². The molecule has 1 heterocycles. The Balaban J connectivity index is 2.54. The Kier molecular flexibility index (Phi) is 5.36. The number of ether oxygens (including phenoxy) is 1. The molecule has 0 aromatic carbocycles. The van der Waals surface area contributed by atoms with Crippen LogP contribution in [0.2, 0.25) is 0 Å². The molecular weight excluding hydrogens is 218 g/mol. The van der Waals surface area contributed by atoms with E-state index in [0.29, 0.717) is 23.9 Å². The predicted molar refractivity (Wildman–Crippen MR) is 65.0 cm³/mol. The van der Waals surface area contributed by atoms with Gasteiger partial charge in [0.15, 0.2) is 0 Å². The molecule has 0 bridgehead atoms. The Bertz CT molecular complexity index is 399. The molecule has 92 valence electrons. The average molecular weight is 235 g/mol. The highest BCUT2D eigenvalue weighted by molar-refractivity contribution is 5.86. The zero-order valence-electron chi connectivity index (χ0n) is 10.1. The van der Waals surface area contributed by atoms with Crippen molar-refractivity contribution in [1.29, 1.82) is 0 Å². The van der Waals surface area contributed by atoms with Crippen molar-refractivity contribution >= 4 is 12.0 Å². The number of pyridine rings is 1. The summed E-state index contributed by atoms with van der Waals surface area (Å²) in [6.07, 6.45) is 2.91. The largest absolute Gasteiger partial charge is 0.462 e. The van der Waals surface area contributed by atoms with E-state index in [0.717, 1.165) is 0 Å². The number of nitrogens with zero attached hydrogens (tertiary/aromatic N) is 1. The minimum atomic E-state index is -0.380. The third-order valence-corrected chi connectivity index (χ3v) is 1.94. The van der Waals surface area contributed by atoms with Crippen molar-refractivity contribution < 1.29 is 14.6 Å². The summed E-state index contributed by atoms with van der Waals surface area (Å²) in [6, 6.07) is 5.25. The smallest absolute Gasteiger partial charge is 0.330 e. The number of carbonyl (C=O) groups excluding carboxylic acids is 1. The average Bonchev–Trinajstić information content (AvgIpc) is 2.34. The first-order chi connectivity index (χ1) is 8.11. The van der Waals surface area contributed by atoms with Gasteiger partial charge in [0.2, 0.25) is 0 Å². The number of rotatable bonds is 5. The molecular formula is C13H17NO3. The Morgan fingerprint density at radius 2 is 2.29 bits per heavy atom. The van der Waals surface area contributed by atoms with Crippen LogP contribution in [0.25, 0.3) is 6.08 Å². The van der Waals surface area contributed by atoms with Crippen LogP contribution in [-0.2, 0) is 16.1 Å². The highest BCUT2D eigenvalue weighted by Crippen LogP contribution is 2.02. The summed E-state index contributed by atoms with van der Waals surface area (Å²) in [4.78, 5) is 15.4. The van der Waals surface area contributed by atoms with Crippen molar-refractivity contribution in [2.24, 2.45) is 5.92 Å². The molecule has 0 atom stereocenters. The quantitative estimate of drug-likeness (QED) is 0.624. The SMILES string of the molecule is CC(C)COC(=O)/C=C/c1cccc(CO)n1. The molecule has 17 heavy (non-hydrogen) atoms. The first-order valence-electron chi connectivity index (χ1n) is 5.53. The monoisotopic (exact) mass is 235 g/mol. The van der Waals surface area contributed by atoms with E-state index in [1.807, 2.05) is 13.8 Å². The first kappa shape index (κ1) is 13.4. The molecule has 1 N–H and O–H groups in total. The fraction of sp³-hybridized carbons (Fsp3) is 0.385. The Labute approximate surface area is 101 Å². The van der Waals surface area contributed by atoms with Gasteiger partial charge < -0.3 is 9.84 Å². The maximum absolute atomic E-state index is 11.3. The molecule has 0 aliphatic heterocycles. The number of carbonyl (C=O) groups is 1. The summed E-state index contributed by atoms with van der Waals surface area (Å²) in [6.45, 7) is 4.25. The molecule has 0 saturated carbocycles. The minimum Gasteiger partial charge on any atom is -0.462 e. The number of esters is 1. The number of hydrogen-bond donors (Lipinski definition) is 1. The summed E-state index contributed by atoms with van der Waals surface area (Å²) in [5, 5.41) is 8.91. The van der Waals surface area contributed by atoms with Crippen molar-refractivity contribution in [2.45, 2.75) is 20.5 Å². The molecule has 0 radical (unpaired) electrons. The van der Waals surface area contributed by atoms with E-state index in [2.05, 4.69) is 4.98 Å². The standard InChI is InChI=1S/C13H17NO3/c1-10(2)9-17-13(16)7-6-11-4-3-5-12(8-15)14-11/h3-7,10,15H,8-9H2,1-2H3/b7-6+. The lowest BCUT2D eigenvalue weighted by molar-refractivity contribution is -0.138. The van der Waals surface area contributed by atoms with Crippen molar-refractivity contribution in [3.63, 3.8) is 0 Å². The van der Waals surface area contributed by atoms with Crippen LogP contribution in [0.3, 0.4) is 0 Å². The van der Waals surface area contributed by atoms with Crippen LogP contribution in [0.15, 0.2) is 24.3 Å². The zero-order valence-corrected chi connectivity index (χ0v) is 10.1. The second-order valence-corrected chi connectivity index (χ2v) is 4.07. The van der Waals surface area contributed by atoms with E-state index in [1.165, 1.54) is 6.08 Å². The predicted octanol–water partition coefficient (Wildman–Crippen LogP) is 1.79. The maximum atomic E-state index is 11.3. The minimum absolute atomic E-state index is 0.112. The van der Waals surface area contributed by atoms with Crippen LogP contribution >= 0.6 is 0 Å². The fourth-order valence-electron chi connectivity index (χ4n) is 1.13. The summed E-state index contributed by atoms with van der Waals surface area (Å²) in [7, 11) is 0. The van der Waals surface area contributed by atoms with Crippen molar-refractivity contribution in [1.82, 2.24) is 4.98 Å². The third-order valence-electron chi connectivity index (χ3n) is 1.94. The summed E-state index contributed by atoms with van der Waals surface area (Å²) in [5.41, 5.74) is 1.20. The normalized spacial score (nSPS) is 11.1. The van der Waals surface area contributed by atoms with Gasteiger partial charge in [0, 0.05) is 6.08 Å². The molecule has 1 aromatic rings. The van der Waals surface area contributed by atoms with E-state index < -0.39 is 0 Å². The van der Waals surface area contributed by atoms with E-state index in [-0.39, 0.29) is 12.6 Å². The molecule has 0 unspecified atom stereocenters. The highest BCUT2D eigenvalue weighted by atomic mass is 16.5. The summed E-state index contributed by atoms with van der Waals surface area (Å²) < 4.78 is 4.98. The topological polar surface area (TPSA) is 59.4 Å². The Hall–Kier alpha value is -1.68. The fourth-order valence-corrected chi connectivity index (χ4v) is 1.13. The van der Waals surface area contributed by atoms with Gasteiger partial charge in [-0.25, -0.2) is 4.79 Å². The van der Waals surface area contributed by atoms with Crippen molar-refractivity contribution in [3.8, 4) is 0 Å². The highest BCUT2D eigenvalue weighted by Gasteiger charge is 2.00. The van der Waals surface area contributed by atoms with Crippen LogP contribution in [-0.4, -0.2) is 22.7 Å². The summed E-state index contributed by atoms with van der Waals surface area (Å²) in [5.74, 6) is -0.0573. The molecule has 0 saturated heterocycles. The second kappa shape index (κ2) is 6.81. The molecule has 1 aromatic heterocycles. The van der Waals surface area contributed by atoms with Crippen molar-refractivity contribution in [3.05, 3.63) is 35.7 Å².